The van der Waals surface area contributed by atoms with E-state index in [1.165, 1.54) is 12.1 Å². The van der Waals surface area contributed by atoms with Crippen molar-refractivity contribution in [2.75, 3.05) is 48.8 Å². The maximum atomic E-state index is 13.8. The fourth-order valence-electron chi connectivity index (χ4n) is 3.78. The van der Waals surface area contributed by atoms with Crippen LogP contribution in [0, 0.1) is 0 Å². The number of anilines is 4. The van der Waals surface area contributed by atoms with E-state index in [9.17, 15) is 18.0 Å². The molecule has 0 radical (unpaired) electrons. The molecule has 4 rings (SSSR count). The van der Waals surface area contributed by atoms with Crippen molar-refractivity contribution >= 4 is 28.9 Å². The summed E-state index contributed by atoms with van der Waals surface area (Å²) in [5, 5.41) is 5.58. The van der Waals surface area contributed by atoms with Gasteiger partial charge in [-0.25, -0.2) is 9.97 Å². The number of likely N-dealkylation sites (N-methyl/N-ethyl adjacent to an activating group) is 1. The van der Waals surface area contributed by atoms with Crippen LogP contribution in [0.1, 0.15) is 5.56 Å². The van der Waals surface area contributed by atoms with Crippen molar-refractivity contribution in [3.8, 4) is 11.3 Å². The van der Waals surface area contributed by atoms with Crippen LogP contribution in [-0.2, 0) is 11.0 Å². The number of amides is 1. The van der Waals surface area contributed by atoms with E-state index in [2.05, 4.69) is 44.0 Å². The van der Waals surface area contributed by atoms with E-state index in [0.29, 0.717) is 11.4 Å². The first-order valence-electron chi connectivity index (χ1n) is 11.0. The fourth-order valence-corrected chi connectivity index (χ4v) is 3.78. The average Bonchev–Trinajstić information content (AvgIpc) is 2.84. The number of hydrogen-bond donors (Lipinski definition) is 2. The molecule has 7 nitrogen and oxygen atoms in total. The topological polar surface area (TPSA) is 73.4 Å². The lowest BCUT2D eigenvalue weighted by Gasteiger charge is -2.34. The predicted molar refractivity (Wildman–Crippen MR) is 131 cm³/mol. The highest BCUT2D eigenvalue weighted by Gasteiger charge is 2.35. The van der Waals surface area contributed by atoms with Gasteiger partial charge in [0.1, 0.15) is 5.56 Å². The number of benzene rings is 2. The van der Waals surface area contributed by atoms with Crippen molar-refractivity contribution in [1.82, 2.24) is 14.9 Å². The molecule has 0 bridgehead atoms. The summed E-state index contributed by atoms with van der Waals surface area (Å²) in [5.74, 6) is -0.437. The molecule has 2 N–H and O–H groups in total. The average molecular weight is 483 g/mol. The Morgan fingerprint density at radius 3 is 2.49 bits per heavy atom. The molecule has 1 aliphatic rings. The van der Waals surface area contributed by atoms with Crippen molar-refractivity contribution in [3.63, 3.8) is 0 Å². The van der Waals surface area contributed by atoms with Gasteiger partial charge in [-0.2, -0.15) is 13.2 Å². The number of piperazine rings is 1. The van der Waals surface area contributed by atoms with E-state index in [0.717, 1.165) is 44.1 Å². The van der Waals surface area contributed by atoms with E-state index in [1.807, 2.05) is 24.3 Å². The molecule has 0 saturated carbocycles. The van der Waals surface area contributed by atoms with Crippen LogP contribution >= 0.6 is 0 Å². The van der Waals surface area contributed by atoms with Gasteiger partial charge < -0.3 is 20.4 Å². The Morgan fingerprint density at radius 1 is 1.06 bits per heavy atom. The summed E-state index contributed by atoms with van der Waals surface area (Å²) in [5.41, 5.74) is 0.936. The molecule has 0 unspecified atom stereocenters. The standard InChI is InChI=1S/C25H25F3N6O/c1-3-22(35)30-18-7-4-6-17(14-18)23-21(25(26,27)28)16-29-24(32-23)31-19-8-5-9-20(15-19)34-12-10-33(2)11-13-34/h3-9,14-16H,1,10-13H2,2H3,(H,30,35)(H,29,31,32). The normalized spacial score (nSPS) is 14.5. The molecule has 1 aliphatic heterocycles. The summed E-state index contributed by atoms with van der Waals surface area (Å²) in [6, 6.07) is 13.7. The van der Waals surface area contributed by atoms with Crippen LogP contribution in [0.3, 0.4) is 0 Å². The number of hydrogen-bond acceptors (Lipinski definition) is 6. The molecule has 2 aromatic carbocycles. The maximum absolute atomic E-state index is 13.8. The van der Waals surface area contributed by atoms with Crippen molar-refractivity contribution in [2.24, 2.45) is 0 Å². The zero-order valence-electron chi connectivity index (χ0n) is 19.1. The molecule has 10 heteroatoms. The number of carbonyl (C=O) groups excluding carboxylic acids is 1. The lowest BCUT2D eigenvalue weighted by Crippen LogP contribution is -2.44. The highest BCUT2D eigenvalue weighted by molar-refractivity contribution is 5.99. The summed E-state index contributed by atoms with van der Waals surface area (Å²) < 4.78 is 41.3. The van der Waals surface area contributed by atoms with E-state index in [1.54, 1.807) is 12.1 Å². The van der Waals surface area contributed by atoms with Crippen LogP contribution in [-0.4, -0.2) is 54.0 Å². The minimum Gasteiger partial charge on any atom is -0.369 e. The molecule has 0 atom stereocenters. The molecule has 2 heterocycles. The zero-order valence-corrected chi connectivity index (χ0v) is 19.1. The van der Waals surface area contributed by atoms with Gasteiger partial charge in [0.25, 0.3) is 0 Å². The molecule has 35 heavy (non-hydrogen) atoms. The van der Waals surface area contributed by atoms with Gasteiger partial charge in [-0.15, -0.1) is 0 Å². The van der Waals surface area contributed by atoms with Crippen LogP contribution in [0.2, 0.25) is 0 Å². The first kappa shape index (κ1) is 24.2. The van der Waals surface area contributed by atoms with Crippen LogP contribution in [0.4, 0.5) is 36.2 Å². The van der Waals surface area contributed by atoms with Gasteiger partial charge in [-0.1, -0.05) is 24.8 Å². The molecule has 182 valence electrons. The highest BCUT2D eigenvalue weighted by Crippen LogP contribution is 2.37. The highest BCUT2D eigenvalue weighted by atomic mass is 19.4. The smallest absolute Gasteiger partial charge is 0.369 e. The van der Waals surface area contributed by atoms with E-state index in [4.69, 9.17) is 0 Å². The number of carbonyl (C=O) groups is 1. The van der Waals surface area contributed by atoms with Gasteiger partial charge in [0.05, 0.1) is 5.69 Å². The Kier molecular flexibility index (Phi) is 7.02. The van der Waals surface area contributed by atoms with Crippen molar-refractivity contribution in [1.29, 1.82) is 0 Å². The molecule has 0 spiro atoms. The van der Waals surface area contributed by atoms with Gasteiger partial charge in [0, 0.05) is 55.0 Å². The third kappa shape index (κ3) is 5.96. The van der Waals surface area contributed by atoms with Gasteiger partial charge in [0.15, 0.2) is 0 Å². The summed E-state index contributed by atoms with van der Waals surface area (Å²) >= 11 is 0. The predicted octanol–water partition coefficient (Wildman–Crippen LogP) is 4.78. The van der Waals surface area contributed by atoms with Crippen molar-refractivity contribution in [2.45, 2.75) is 6.18 Å². The second-order valence-corrected chi connectivity index (χ2v) is 8.19. The van der Waals surface area contributed by atoms with Crippen LogP contribution < -0.4 is 15.5 Å². The van der Waals surface area contributed by atoms with Crippen LogP contribution in [0.25, 0.3) is 11.3 Å². The first-order valence-corrected chi connectivity index (χ1v) is 11.0. The molecule has 0 aliphatic carbocycles. The Balaban J connectivity index is 1.64. The van der Waals surface area contributed by atoms with Crippen LogP contribution in [0.5, 0.6) is 0 Å². The second-order valence-electron chi connectivity index (χ2n) is 8.19. The lowest BCUT2D eigenvalue weighted by atomic mass is 10.1. The molecular weight excluding hydrogens is 457 g/mol. The minimum absolute atomic E-state index is 0.0315. The Morgan fingerprint density at radius 2 is 1.77 bits per heavy atom. The largest absolute Gasteiger partial charge is 0.419 e. The number of rotatable bonds is 6. The lowest BCUT2D eigenvalue weighted by molar-refractivity contribution is -0.137. The fraction of sp³-hybridized carbons (Fsp3) is 0.240. The van der Waals surface area contributed by atoms with E-state index >= 15 is 0 Å². The minimum atomic E-state index is -4.66. The van der Waals surface area contributed by atoms with Gasteiger partial charge in [-0.3, -0.25) is 4.79 Å². The third-order valence-corrected chi connectivity index (χ3v) is 5.65. The zero-order chi connectivity index (χ0) is 25.0. The molecule has 1 saturated heterocycles. The molecule has 1 fully saturated rings. The quantitative estimate of drug-likeness (QED) is 0.493. The maximum Gasteiger partial charge on any atom is 0.419 e. The molecular formula is C25H25F3N6O. The van der Waals surface area contributed by atoms with Crippen LogP contribution in [0.15, 0.2) is 67.4 Å². The Bertz CT molecular complexity index is 1220. The second kappa shape index (κ2) is 10.1. The van der Waals surface area contributed by atoms with Gasteiger partial charge in [-0.05, 0) is 43.5 Å². The molecule has 1 aromatic heterocycles. The number of aromatic nitrogens is 2. The number of nitrogens with zero attached hydrogens (tertiary/aromatic N) is 4. The number of nitrogens with one attached hydrogen (secondary N) is 2. The van der Waals surface area contributed by atoms with Crippen molar-refractivity contribution < 1.29 is 18.0 Å². The number of halogens is 3. The summed E-state index contributed by atoms with van der Waals surface area (Å²) in [6.07, 6.45) is -2.81. The third-order valence-electron chi connectivity index (χ3n) is 5.65. The summed E-state index contributed by atoms with van der Waals surface area (Å²) in [7, 11) is 2.08. The molecule has 1 amide bonds. The Labute approximate surface area is 201 Å². The van der Waals surface area contributed by atoms with Gasteiger partial charge >= 0.3 is 6.18 Å². The van der Waals surface area contributed by atoms with Gasteiger partial charge in [0.2, 0.25) is 11.9 Å². The van der Waals surface area contributed by atoms with E-state index < -0.39 is 17.6 Å². The van der Waals surface area contributed by atoms with Crippen molar-refractivity contribution in [3.05, 3.63) is 72.9 Å². The first-order chi connectivity index (χ1) is 16.7. The summed E-state index contributed by atoms with van der Waals surface area (Å²) in [6.45, 7) is 7.06. The molecule has 3 aromatic rings. The van der Waals surface area contributed by atoms with E-state index in [-0.39, 0.29) is 17.2 Å². The Hall–Kier alpha value is -3.92. The summed E-state index contributed by atoms with van der Waals surface area (Å²) in [4.78, 5) is 24.3. The SMILES string of the molecule is C=CC(=O)Nc1cccc(-c2nc(Nc3cccc(N4CCN(C)CC4)c3)ncc2C(F)(F)F)c1. The number of alkyl halides is 3. The monoisotopic (exact) mass is 482 g/mol.